The number of hydrogen-bond acceptors (Lipinski definition) is 1. The van der Waals surface area contributed by atoms with Crippen molar-refractivity contribution in [3.63, 3.8) is 0 Å². The van der Waals surface area contributed by atoms with E-state index in [-0.39, 0.29) is 10.7 Å². The van der Waals surface area contributed by atoms with Gasteiger partial charge in [-0.3, -0.25) is 0 Å². The molecule has 0 amide bonds. The molecule has 0 radical (unpaired) electrons. The summed E-state index contributed by atoms with van der Waals surface area (Å²) in [7, 11) is 0. The molecule has 0 aliphatic heterocycles. The first kappa shape index (κ1) is 12.1. The highest BCUT2D eigenvalue weighted by Crippen LogP contribution is 2.25. The molecule has 84 valence electrons. The summed E-state index contributed by atoms with van der Waals surface area (Å²) in [5, 5.41) is 2.38. The highest BCUT2D eigenvalue weighted by molar-refractivity contribution is 6.33. The van der Waals surface area contributed by atoms with Gasteiger partial charge in [0.2, 0.25) is 0 Å². The van der Waals surface area contributed by atoms with Gasteiger partial charge >= 0.3 is 6.18 Å². The van der Waals surface area contributed by atoms with Gasteiger partial charge in [-0.15, -0.1) is 0 Å². The maximum atomic E-state index is 13.0. The first-order valence-electron chi connectivity index (χ1n) is 4.15. The lowest BCUT2D eigenvalue weighted by Crippen LogP contribution is -2.15. The van der Waals surface area contributed by atoms with Crippen molar-refractivity contribution in [1.82, 2.24) is 0 Å². The van der Waals surface area contributed by atoms with Gasteiger partial charge in [-0.05, 0) is 12.1 Å². The summed E-state index contributed by atoms with van der Waals surface area (Å²) in [6, 6.07) is 3.91. The Morgan fingerprint density at radius 3 is 2.47 bits per heavy atom. The highest BCUT2D eigenvalue weighted by Gasteiger charge is 2.26. The maximum Gasteiger partial charge on any atom is 0.390 e. The van der Waals surface area contributed by atoms with Gasteiger partial charge in [-0.2, -0.15) is 13.2 Å². The van der Waals surface area contributed by atoms with Crippen molar-refractivity contribution in [2.75, 3.05) is 11.9 Å². The van der Waals surface area contributed by atoms with E-state index in [1.165, 1.54) is 12.1 Å². The maximum absolute atomic E-state index is 13.0. The molecule has 1 N–H and O–H groups in total. The van der Waals surface area contributed by atoms with Crippen LogP contribution in [0.1, 0.15) is 6.42 Å². The van der Waals surface area contributed by atoms with E-state index >= 15 is 0 Å². The molecule has 0 spiro atoms. The van der Waals surface area contributed by atoms with Gasteiger partial charge in [0.05, 0.1) is 17.1 Å². The minimum atomic E-state index is -4.26. The van der Waals surface area contributed by atoms with Gasteiger partial charge in [0.15, 0.2) is 0 Å². The molecule has 1 rings (SSSR count). The van der Waals surface area contributed by atoms with Gasteiger partial charge in [0.1, 0.15) is 5.82 Å². The van der Waals surface area contributed by atoms with Crippen LogP contribution in [0, 0.1) is 5.82 Å². The van der Waals surface area contributed by atoms with Crippen LogP contribution in [0.15, 0.2) is 18.2 Å². The summed E-state index contributed by atoms with van der Waals surface area (Å²) < 4.78 is 48.4. The van der Waals surface area contributed by atoms with Crippen LogP contribution in [0.5, 0.6) is 0 Å². The smallest absolute Gasteiger partial charge is 0.381 e. The van der Waals surface area contributed by atoms with Crippen LogP contribution in [-0.4, -0.2) is 12.7 Å². The van der Waals surface area contributed by atoms with Gasteiger partial charge in [0, 0.05) is 6.54 Å². The van der Waals surface area contributed by atoms with Crippen LogP contribution in [0.3, 0.4) is 0 Å². The average molecular weight is 242 g/mol. The van der Waals surface area contributed by atoms with E-state index in [0.29, 0.717) is 0 Å². The molecule has 0 heterocycles. The SMILES string of the molecule is Fc1cccc(Cl)c1NCCC(F)(F)F. The number of nitrogens with one attached hydrogen (secondary N) is 1. The molecule has 0 saturated heterocycles. The van der Waals surface area contributed by atoms with Crippen molar-refractivity contribution in [3.8, 4) is 0 Å². The Bertz CT molecular complexity index is 317. The van der Waals surface area contributed by atoms with E-state index in [9.17, 15) is 17.6 Å². The lowest BCUT2D eigenvalue weighted by atomic mass is 10.3. The van der Waals surface area contributed by atoms with Crippen molar-refractivity contribution in [2.45, 2.75) is 12.6 Å². The van der Waals surface area contributed by atoms with Crippen LogP contribution in [0.25, 0.3) is 0 Å². The van der Waals surface area contributed by atoms with Crippen molar-refractivity contribution < 1.29 is 17.6 Å². The number of hydrogen-bond donors (Lipinski definition) is 1. The quantitative estimate of drug-likeness (QED) is 0.793. The summed E-state index contributed by atoms with van der Waals surface area (Å²) in [6.45, 7) is -0.399. The van der Waals surface area contributed by atoms with Gasteiger partial charge in [0.25, 0.3) is 0 Å². The third kappa shape index (κ3) is 3.95. The van der Waals surface area contributed by atoms with E-state index in [1.54, 1.807) is 0 Å². The van der Waals surface area contributed by atoms with Crippen LogP contribution in [0.4, 0.5) is 23.2 Å². The standard InChI is InChI=1S/C9H8ClF4N/c10-6-2-1-3-7(11)8(6)15-5-4-9(12,13)14/h1-3,15H,4-5H2. The Kier molecular flexibility index (Phi) is 3.79. The fraction of sp³-hybridized carbons (Fsp3) is 0.333. The fourth-order valence-corrected chi connectivity index (χ4v) is 1.23. The number of rotatable bonds is 3. The van der Waals surface area contributed by atoms with Gasteiger partial charge < -0.3 is 5.32 Å². The van der Waals surface area contributed by atoms with Crippen molar-refractivity contribution in [1.29, 1.82) is 0 Å². The lowest BCUT2D eigenvalue weighted by Gasteiger charge is -2.10. The Hall–Kier alpha value is -0.970. The molecule has 0 aromatic heterocycles. The second kappa shape index (κ2) is 4.70. The number of benzene rings is 1. The zero-order valence-corrected chi connectivity index (χ0v) is 8.29. The monoisotopic (exact) mass is 241 g/mol. The van der Waals surface area contributed by atoms with E-state index in [1.807, 2.05) is 0 Å². The van der Waals surface area contributed by atoms with Crippen LogP contribution < -0.4 is 5.32 Å². The molecule has 0 aliphatic rings. The molecule has 1 aromatic carbocycles. The molecule has 0 saturated carbocycles. The third-order valence-electron chi connectivity index (χ3n) is 1.67. The van der Waals surface area contributed by atoms with Crippen LogP contribution in [-0.2, 0) is 0 Å². The molecule has 0 atom stereocenters. The highest BCUT2D eigenvalue weighted by atomic mass is 35.5. The van der Waals surface area contributed by atoms with E-state index in [0.717, 1.165) is 6.07 Å². The minimum absolute atomic E-state index is 0.0668. The summed E-state index contributed by atoms with van der Waals surface area (Å²) in [5.41, 5.74) is -0.0941. The Labute approximate surface area is 89.0 Å². The molecule has 6 heteroatoms. The van der Waals surface area contributed by atoms with Crippen molar-refractivity contribution in [2.24, 2.45) is 0 Å². The summed E-state index contributed by atoms with van der Waals surface area (Å²) in [6.07, 6.45) is -5.29. The summed E-state index contributed by atoms with van der Waals surface area (Å²) in [4.78, 5) is 0. The normalized spacial score (nSPS) is 11.5. The second-order valence-electron chi connectivity index (χ2n) is 2.89. The molecule has 0 fully saturated rings. The number of alkyl halides is 3. The van der Waals surface area contributed by atoms with E-state index in [4.69, 9.17) is 11.6 Å². The van der Waals surface area contributed by atoms with Gasteiger partial charge in [-0.25, -0.2) is 4.39 Å². The fourth-order valence-electron chi connectivity index (χ4n) is 0.996. The first-order chi connectivity index (χ1) is 6.90. The molecular formula is C9H8ClF4N. The summed E-state index contributed by atoms with van der Waals surface area (Å²) >= 11 is 5.60. The molecule has 1 nitrogen and oxygen atoms in total. The zero-order valence-electron chi connectivity index (χ0n) is 7.54. The molecule has 1 aromatic rings. The van der Waals surface area contributed by atoms with Crippen LogP contribution >= 0.6 is 11.6 Å². The lowest BCUT2D eigenvalue weighted by molar-refractivity contribution is -0.131. The number of para-hydroxylation sites is 1. The Balaban J connectivity index is 2.58. The van der Waals surface area contributed by atoms with Gasteiger partial charge in [-0.1, -0.05) is 17.7 Å². The van der Waals surface area contributed by atoms with Crippen molar-refractivity contribution >= 4 is 17.3 Å². The molecule has 15 heavy (non-hydrogen) atoms. The number of anilines is 1. The van der Waals surface area contributed by atoms with Crippen molar-refractivity contribution in [3.05, 3.63) is 29.0 Å². The minimum Gasteiger partial charge on any atom is -0.381 e. The zero-order chi connectivity index (χ0) is 11.5. The largest absolute Gasteiger partial charge is 0.390 e. The Morgan fingerprint density at radius 1 is 1.27 bits per heavy atom. The number of halogens is 5. The average Bonchev–Trinajstić information content (AvgIpc) is 2.08. The van der Waals surface area contributed by atoms with E-state index in [2.05, 4.69) is 5.32 Å². The molecule has 0 aliphatic carbocycles. The van der Waals surface area contributed by atoms with Crippen LogP contribution in [0.2, 0.25) is 5.02 Å². The molecule has 0 unspecified atom stereocenters. The molecular weight excluding hydrogens is 234 g/mol. The predicted octanol–water partition coefficient (Wildman–Crippen LogP) is 3.84. The molecule has 0 bridgehead atoms. The second-order valence-corrected chi connectivity index (χ2v) is 3.30. The Morgan fingerprint density at radius 2 is 1.93 bits per heavy atom. The van der Waals surface area contributed by atoms with E-state index < -0.39 is 25.0 Å². The first-order valence-corrected chi connectivity index (χ1v) is 4.52. The third-order valence-corrected chi connectivity index (χ3v) is 1.99. The topological polar surface area (TPSA) is 12.0 Å². The summed E-state index contributed by atoms with van der Waals surface area (Å²) in [5.74, 6) is -0.662. The predicted molar refractivity (Wildman–Crippen MR) is 50.6 cm³/mol.